The quantitative estimate of drug-likeness (QED) is 0.0599. The smallest absolute Gasteiger partial charge is 0.387 e. The zero-order chi connectivity index (χ0) is 76.9. The standard InChI is InChI=1S/C21H20Cl2N4O4.C19H17Cl2NO4.C18H18Cl2N2O3.C17H14Cl2F2N2O3/c1-26-5-7-27(8-6-26)21(29)17-9-13-16(30-2)4-3-12(19(13)31-17)20(28)25-18-14(22)10-24-11-15(18)23;1-24-16-5-4-11(15(23)8-12-13(20)9-22-10-14(12)21)17-18(16)26-19(25-17)6-2-3-7-19;1-24-15-7-6-11(8-16(15)25-12-4-2-3-5-12)18(23)22-17-13(19)9-21-10-14(17)20;18-11-6-22-7-12(19)15(11)23-16(24)10-3-4-13(26-17(20)21)14(5-10)25-8-9-1-2-9/h3-4,9-11H,5-8H2,1-2H3,(H,24,25,28);4-5,9-10H,2-3,6-8H2,1H3;6-10,12H,2-5H2,1H3,(H,21,22,23);3-7,9,17H,1-2,8H2,(H,22,23,24). The minimum atomic E-state index is -2.99. The number of benzene rings is 4. The summed E-state index contributed by atoms with van der Waals surface area (Å²) in [5.74, 6) is 1.24. The SMILES string of the molecule is COc1ccc(C(=O)Cc2c(Cl)cncc2Cl)c2c1OC1(CCCC1)O2.COc1ccc(C(=O)Nc2c(Cl)cncc2Cl)c2oc(C(=O)N3CCN(C)CC3)cc12.COc1ccc(C(=O)Nc2c(Cl)cncc2Cl)cc1OC1CCCC1.O=C(Nc1c(Cl)cncc1Cl)c1ccc(OC(F)F)c(OCC2CC2)c1. The molecule has 1 spiro atoms. The molecule has 7 heterocycles. The average molecular weight is 1640 g/mol. The van der Waals surface area contributed by atoms with Gasteiger partial charge in [0.2, 0.25) is 5.75 Å². The van der Waals surface area contributed by atoms with Gasteiger partial charge in [-0.25, -0.2) is 0 Å². The molecule has 4 aromatic carbocycles. The number of pyridine rings is 4. The maximum Gasteiger partial charge on any atom is 0.387 e. The van der Waals surface area contributed by atoms with Crippen LogP contribution in [0.15, 0.2) is 121 Å². The lowest BCUT2D eigenvalue weighted by molar-refractivity contribution is -0.0724. The van der Waals surface area contributed by atoms with E-state index >= 15 is 0 Å². The number of likely N-dealkylation sites (N-methyl/N-ethyl adjacent to an activating group) is 1. The number of hydrogen-bond acceptors (Lipinski definition) is 19. The van der Waals surface area contributed by atoms with Crippen LogP contribution in [0.1, 0.15) is 122 Å². The van der Waals surface area contributed by atoms with Crippen LogP contribution < -0.4 is 53.8 Å². The number of anilines is 3. The fourth-order valence-electron chi connectivity index (χ4n) is 11.9. The van der Waals surface area contributed by atoms with Gasteiger partial charge in [-0.05, 0) is 125 Å². The summed E-state index contributed by atoms with van der Waals surface area (Å²) >= 11 is 48.6. The fourth-order valence-corrected chi connectivity index (χ4v) is 13.8. The fraction of sp³-hybridized carbons (Fsp3) is 0.320. The zero-order valence-electron chi connectivity index (χ0n) is 58.2. The van der Waals surface area contributed by atoms with Gasteiger partial charge in [-0.3, -0.25) is 43.9 Å². The molecule has 568 valence electrons. The van der Waals surface area contributed by atoms with E-state index < -0.39 is 24.2 Å². The lowest BCUT2D eigenvalue weighted by Gasteiger charge is -2.31. The molecule has 0 radical (unpaired) electrons. The van der Waals surface area contributed by atoms with Crippen molar-refractivity contribution < 1.29 is 75.1 Å². The molecule has 5 aromatic heterocycles. The molecule has 2 aliphatic heterocycles. The number of hydrogen-bond donors (Lipinski definition) is 3. The minimum Gasteiger partial charge on any atom is -0.496 e. The maximum atomic E-state index is 13.0. The van der Waals surface area contributed by atoms with Gasteiger partial charge in [0.05, 0.1) is 108 Å². The Bertz CT molecular complexity index is 4730. The molecule has 3 aliphatic carbocycles. The number of alkyl halides is 2. The first-order valence-corrected chi connectivity index (χ1v) is 36.8. The van der Waals surface area contributed by atoms with E-state index in [-0.39, 0.29) is 106 Å². The summed E-state index contributed by atoms with van der Waals surface area (Å²) in [6.07, 6.45) is 21.5. The highest BCUT2D eigenvalue weighted by molar-refractivity contribution is 6.41. The van der Waals surface area contributed by atoms with E-state index in [0.29, 0.717) is 97.9 Å². The second-order valence-corrected chi connectivity index (χ2v) is 28.5. The van der Waals surface area contributed by atoms with Crippen LogP contribution in [0.5, 0.6) is 46.0 Å². The lowest BCUT2D eigenvalue weighted by atomic mass is 10.0. The summed E-state index contributed by atoms with van der Waals surface area (Å²) in [4.78, 5) is 83.3. The molecule has 5 aliphatic rings. The Kier molecular flexibility index (Phi) is 27.1. The number of rotatable bonds is 20. The van der Waals surface area contributed by atoms with Crippen LogP contribution in [-0.2, 0) is 6.42 Å². The highest BCUT2D eigenvalue weighted by Gasteiger charge is 2.47. The van der Waals surface area contributed by atoms with E-state index in [0.717, 1.165) is 77.3 Å². The van der Waals surface area contributed by atoms with Crippen molar-refractivity contribution in [2.24, 2.45) is 5.92 Å². The monoisotopic (exact) mass is 1640 g/mol. The number of carbonyl (C=O) groups excluding carboxylic acids is 5. The number of ketones is 1. The van der Waals surface area contributed by atoms with Gasteiger partial charge in [-0.15, -0.1) is 0 Å². The van der Waals surface area contributed by atoms with Crippen molar-refractivity contribution in [3.63, 3.8) is 0 Å². The number of furan rings is 1. The third kappa shape index (κ3) is 19.8. The molecule has 3 N–H and O–H groups in total. The van der Waals surface area contributed by atoms with Gasteiger partial charge >= 0.3 is 6.61 Å². The number of aromatic nitrogens is 4. The number of amides is 4. The number of fused-ring (bicyclic) bond motifs is 2. The molecule has 1 saturated heterocycles. The molecule has 0 atom stereocenters. The van der Waals surface area contributed by atoms with E-state index in [2.05, 4.69) is 45.5 Å². The summed E-state index contributed by atoms with van der Waals surface area (Å²) in [6, 6.07) is 17.2. The Hall–Kier alpha value is -8.89. The van der Waals surface area contributed by atoms with Crippen LogP contribution in [0.25, 0.3) is 11.0 Å². The van der Waals surface area contributed by atoms with Crippen LogP contribution in [0, 0.1) is 5.92 Å². The van der Waals surface area contributed by atoms with Crippen molar-refractivity contribution in [3.05, 3.63) is 190 Å². The highest BCUT2D eigenvalue weighted by Crippen LogP contribution is 2.53. The molecule has 0 unspecified atom stereocenters. The number of ether oxygens (including phenoxy) is 8. The van der Waals surface area contributed by atoms with Crippen LogP contribution in [0.3, 0.4) is 0 Å². The second kappa shape index (κ2) is 36.5. The molecular weight excluding hydrogens is 1570 g/mol. The molecule has 9 aromatic rings. The van der Waals surface area contributed by atoms with Gasteiger partial charge in [0.1, 0.15) is 5.75 Å². The second-order valence-electron chi connectivity index (χ2n) is 25.2. The molecule has 23 nitrogen and oxygen atoms in total. The van der Waals surface area contributed by atoms with Gasteiger partial charge in [0.25, 0.3) is 29.4 Å². The number of nitrogens with zero attached hydrogens (tertiary/aromatic N) is 6. The van der Waals surface area contributed by atoms with E-state index in [9.17, 15) is 32.8 Å². The topological polar surface area (TPSA) is 266 Å². The molecular formula is C75H69Cl8F2N9O14. The van der Waals surface area contributed by atoms with Crippen molar-refractivity contribution >= 4 is 150 Å². The summed E-state index contributed by atoms with van der Waals surface area (Å²) in [5.41, 5.74) is 2.85. The van der Waals surface area contributed by atoms with Crippen molar-refractivity contribution in [1.82, 2.24) is 29.7 Å². The van der Waals surface area contributed by atoms with Crippen molar-refractivity contribution in [3.8, 4) is 46.0 Å². The zero-order valence-corrected chi connectivity index (χ0v) is 64.2. The maximum absolute atomic E-state index is 13.0. The molecule has 4 fully saturated rings. The predicted octanol–water partition coefficient (Wildman–Crippen LogP) is 18.6. The molecule has 0 bridgehead atoms. The number of methoxy groups -OCH3 is 3. The number of Topliss-reactive ketones (excluding diaryl/α,β-unsaturated/α-hetero) is 1. The van der Waals surface area contributed by atoms with Gasteiger partial charge in [0, 0.05) is 118 Å². The molecule has 3 saturated carbocycles. The van der Waals surface area contributed by atoms with Crippen LogP contribution in [0.4, 0.5) is 25.8 Å². The minimum absolute atomic E-state index is 0.0509. The first kappa shape index (κ1) is 80.1. The summed E-state index contributed by atoms with van der Waals surface area (Å²) in [6.45, 7) is 0.179. The number of piperazine rings is 1. The third-order valence-electron chi connectivity index (χ3n) is 17.8. The van der Waals surface area contributed by atoms with Crippen LogP contribution in [-0.4, -0.2) is 139 Å². The van der Waals surface area contributed by atoms with Gasteiger partial charge in [-0.2, -0.15) is 8.78 Å². The molecule has 4 amide bonds. The van der Waals surface area contributed by atoms with Crippen molar-refractivity contribution in [1.29, 1.82) is 0 Å². The van der Waals surface area contributed by atoms with E-state index in [1.165, 1.54) is 74.9 Å². The molecule has 108 heavy (non-hydrogen) atoms. The lowest BCUT2D eigenvalue weighted by Crippen LogP contribution is -2.47. The highest BCUT2D eigenvalue weighted by atomic mass is 35.5. The summed E-state index contributed by atoms with van der Waals surface area (Å²) < 4.78 is 75.4. The Morgan fingerprint density at radius 1 is 0.537 bits per heavy atom. The number of halogens is 10. The summed E-state index contributed by atoms with van der Waals surface area (Å²) in [7, 11) is 6.67. The van der Waals surface area contributed by atoms with Gasteiger partial charge in [0.15, 0.2) is 51.6 Å². The average Bonchev–Trinajstić information content (AvgIpc) is 1.61. The van der Waals surface area contributed by atoms with E-state index in [1.807, 2.05) is 7.05 Å². The van der Waals surface area contributed by atoms with Crippen LogP contribution in [0.2, 0.25) is 40.2 Å². The van der Waals surface area contributed by atoms with Crippen molar-refractivity contribution in [2.75, 3.05) is 77.1 Å². The Morgan fingerprint density at radius 3 is 1.53 bits per heavy atom. The van der Waals surface area contributed by atoms with Crippen LogP contribution >= 0.6 is 92.8 Å². The van der Waals surface area contributed by atoms with E-state index in [4.69, 9.17) is 130 Å². The Labute approximate surface area is 658 Å². The Balaban J connectivity index is 0.000000144. The predicted molar refractivity (Wildman–Crippen MR) is 408 cm³/mol. The number of nitrogens with one attached hydrogen (secondary N) is 3. The van der Waals surface area contributed by atoms with Gasteiger partial charge < -0.3 is 68.1 Å². The Morgan fingerprint density at radius 2 is 1.01 bits per heavy atom. The van der Waals surface area contributed by atoms with Gasteiger partial charge in [-0.1, -0.05) is 92.8 Å². The largest absolute Gasteiger partial charge is 0.496 e. The van der Waals surface area contributed by atoms with Crippen molar-refractivity contribution in [2.45, 2.75) is 89.1 Å². The third-order valence-corrected chi connectivity index (χ3v) is 20.2. The first-order valence-electron chi connectivity index (χ1n) is 33.8. The summed E-state index contributed by atoms with van der Waals surface area (Å²) in [5, 5.41) is 10.5. The molecule has 14 rings (SSSR count). The van der Waals surface area contributed by atoms with E-state index in [1.54, 1.807) is 67.7 Å². The normalized spacial score (nSPS) is 14.9. The molecule has 33 heteroatoms. The first-order chi connectivity index (χ1) is 51.9. The number of carbonyl (C=O) groups is 5.